The summed E-state index contributed by atoms with van der Waals surface area (Å²) in [7, 11) is 0. The molecule has 4 rings (SSSR count). The number of piperidine rings is 1. The average molecular weight is 456 g/mol. The summed E-state index contributed by atoms with van der Waals surface area (Å²) in [6.07, 6.45) is 1.74. The maximum absolute atomic E-state index is 14.0. The van der Waals surface area contributed by atoms with Crippen molar-refractivity contribution in [2.75, 3.05) is 13.1 Å². The lowest BCUT2D eigenvalue weighted by Crippen LogP contribution is -2.59. The van der Waals surface area contributed by atoms with E-state index in [1.54, 1.807) is 36.9 Å². The van der Waals surface area contributed by atoms with Gasteiger partial charge in [-0.05, 0) is 56.5 Å². The molecule has 0 aliphatic carbocycles. The van der Waals surface area contributed by atoms with Crippen LogP contribution in [0.15, 0.2) is 48.5 Å². The van der Waals surface area contributed by atoms with Crippen molar-refractivity contribution >= 4 is 17.7 Å². The molecule has 33 heavy (non-hydrogen) atoms. The molecule has 0 saturated carbocycles. The van der Waals surface area contributed by atoms with Gasteiger partial charge in [0, 0.05) is 25.4 Å². The topological polar surface area (TPSA) is 78.5 Å². The first kappa shape index (κ1) is 22.9. The third-order valence-corrected chi connectivity index (χ3v) is 6.58. The highest BCUT2D eigenvalue weighted by Crippen LogP contribution is 2.42. The van der Waals surface area contributed by atoms with Crippen molar-refractivity contribution < 1.29 is 23.2 Å². The molecule has 0 radical (unpaired) electrons. The van der Waals surface area contributed by atoms with Gasteiger partial charge in [0.15, 0.2) is 0 Å². The molecule has 2 saturated heterocycles. The minimum Gasteiger partial charge on any atom is -0.348 e. The van der Waals surface area contributed by atoms with Crippen molar-refractivity contribution in [2.45, 2.75) is 50.1 Å². The molecule has 0 unspecified atom stereocenters. The SMILES string of the molecule is CC(C)(NC(=O)c1ccccc1F)C(=O)N1C[C@@H](c2cccc(F)c2)[C@@]2(CCCC(=O)N2)C1. The number of benzene rings is 2. The molecule has 174 valence electrons. The zero-order valence-electron chi connectivity index (χ0n) is 18.7. The Morgan fingerprint density at radius 2 is 1.91 bits per heavy atom. The predicted octanol–water partition coefficient (Wildman–Crippen LogP) is 3.14. The second-order valence-electron chi connectivity index (χ2n) is 9.41. The van der Waals surface area contributed by atoms with Crippen molar-refractivity contribution in [3.63, 3.8) is 0 Å². The molecule has 0 aromatic heterocycles. The van der Waals surface area contributed by atoms with E-state index in [1.807, 2.05) is 0 Å². The molecular weight excluding hydrogens is 428 g/mol. The molecule has 2 aromatic carbocycles. The van der Waals surface area contributed by atoms with E-state index in [9.17, 15) is 23.2 Å². The zero-order chi connectivity index (χ0) is 23.8. The van der Waals surface area contributed by atoms with Crippen LogP contribution in [-0.2, 0) is 9.59 Å². The monoisotopic (exact) mass is 455 g/mol. The first-order valence-corrected chi connectivity index (χ1v) is 11.0. The molecule has 2 heterocycles. The van der Waals surface area contributed by atoms with Gasteiger partial charge in [-0.25, -0.2) is 8.78 Å². The second kappa shape index (κ2) is 8.57. The number of nitrogens with zero attached hydrogens (tertiary/aromatic N) is 1. The molecule has 2 aliphatic heterocycles. The fourth-order valence-electron chi connectivity index (χ4n) is 5.01. The smallest absolute Gasteiger partial charge is 0.255 e. The van der Waals surface area contributed by atoms with E-state index in [2.05, 4.69) is 10.6 Å². The molecule has 8 heteroatoms. The Bertz CT molecular complexity index is 1100. The van der Waals surface area contributed by atoms with Gasteiger partial charge in [0.25, 0.3) is 5.91 Å². The number of carbonyl (C=O) groups excluding carboxylic acids is 3. The minimum atomic E-state index is -1.32. The second-order valence-corrected chi connectivity index (χ2v) is 9.41. The molecule has 2 atom stereocenters. The molecule has 3 amide bonds. The van der Waals surface area contributed by atoms with Crippen LogP contribution in [0, 0.1) is 11.6 Å². The van der Waals surface area contributed by atoms with Crippen LogP contribution in [0.5, 0.6) is 0 Å². The summed E-state index contributed by atoms with van der Waals surface area (Å²) in [5.41, 5.74) is -1.46. The summed E-state index contributed by atoms with van der Waals surface area (Å²) >= 11 is 0. The largest absolute Gasteiger partial charge is 0.348 e. The Morgan fingerprint density at radius 3 is 2.61 bits per heavy atom. The molecule has 2 aliphatic rings. The third kappa shape index (κ3) is 4.47. The number of rotatable bonds is 4. The maximum atomic E-state index is 14.0. The Morgan fingerprint density at radius 1 is 1.15 bits per heavy atom. The molecule has 2 aromatic rings. The molecule has 6 nitrogen and oxygen atoms in total. The Kier molecular flexibility index (Phi) is 5.95. The van der Waals surface area contributed by atoms with E-state index in [1.165, 1.54) is 30.3 Å². The van der Waals surface area contributed by atoms with Crippen molar-refractivity contribution in [3.8, 4) is 0 Å². The number of amides is 3. The normalized spacial score (nSPS) is 22.8. The fraction of sp³-hybridized carbons (Fsp3) is 0.400. The van der Waals surface area contributed by atoms with Gasteiger partial charge in [-0.15, -0.1) is 0 Å². The van der Waals surface area contributed by atoms with Crippen LogP contribution < -0.4 is 10.6 Å². The number of hydrogen-bond donors (Lipinski definition) is 2. The maximum Gasteiger partial charge on any atom is 0.255 e. The molecule has 2 N–H and O–H groups in total. The molecular formula is C25H27F2N3O3. The minimum absolute atomic E-state index is 0.0935. The van der Waals surface area contributed by atoms with E-state index in [0.29, 0.717) is 24.8 Å². The summed E-state index contributed by atoms with van der Waals surface area (Å²) < 4.78 is 28.0. The summed E-state index contributed by atoms with van der Waals surface area (Å²) in [5.74, 6) is -2.48. The van der Waals surface area contributed by atoms with Crippen LogP contribution >= 0.6 is 0 Å². The summed E-state index contributed by atoms with van der Waals surface area (Å²) in [5, 5.41) is 5.71. The van der Waals surface area contributed by atoms with E-state index in [-0.39, 0.29) is 42.2 Å². The lowest BCUT2D eigenvalue weighted by molar-refractivity contribution is -0.136. The fourth-order valence-corrected chi connectivity index (χ4v) is 5.01. The van der Waals surface area contributed by atoms with Gasteiger partial charge in [0.1, 0.15) is 17.2 Å². The number of halogens is 2. The highest BCUT2D eigenvalue weighted by molar-refractivity contribution is 5.99. The van der Waals surface area contributed by atoms with Crippen molar-refractivity contribution in [1.29, 1.82) is 0 Å². The van der Waals surface area contributed by atoms with Crippen LogP contribution in [0.25, 0.3) is 0 Å². The first-order chi connectivity index (χ1) is 15.6. The van der Waals surface area contributed by atoms with E-state index >= 15 is 0 Å². The lowest BCUT2D eigenvalue weighted by Gasteiger charge is -2.39. The average Bonchev–Trinajstić information content (AvgIpc) is 3.11. The van der Waals surface area contributed by atoms with Crippen molar-refractivity contribution in [1.82, 2.24) is 15.5 Å². The molecule has 0 bridgehead atoms. The van der Waals surface area contributed by atoms with Gasteiger partial charge in [-0.2, -0.15) is 0 Å². The van der Waals surface area contributed by atoms with E-state index in [4.69, 9.17) is 0 Å². The van der Waals surface area contributed by atoms with Gasteiger partial charge in [0.2, 0.25) is 11.8 Å². The molecule has 1 spiro atoms. The summed E-state index contributed by atoms with van der Waals surface area (Å²) in [6.45, 7) is 3.64. The quantitative estimate of drug-likeness (QED) is 0.744. The van der Waals surface area contributed by atoms with E-state index in [0.717, 1.165) is 0 Å². The Balaban J connectivity index is 1.59. The first-order valence-electron chi connectivity index (χ1n) is 11.0. The van der Waals surface area contributed by atoms with E-state index < -0.39 is 22.8 Å². The molecule has 2 fully saturated rings. The third-order valence-electron chi connectivity index (χ3n) is 6.58. The number of nitrogens with one attached hydrogen (secondary N) is 2. The predicted molar refractivity (Wildman–Crippen MR) is 118 cm³/mol. The van der Waals surface area contributed by atoms with Crippen LogP contribution in [0.4, 0.5) is 8.78 Å². The van der Waals surface area contributed by atoms with Crippen LogP contribution in [0.1, 0.15) is 54.9 Å². The Hall–Kier alpha value is -3.29. The van der Waals surface area contributed by atoms with Crippen molar-refractivity contribution in [2.24, 2.45) is 0 Å². The summed E-state index contributed by atoms with van der Waals surface area (Å²) in [4.78, 5) is 40.0. The van der Waals surface area contributed by atoms with Gasteiger partial charge < -0.3 is 15.5 Å². The Labute approximate surface area is 191 Å². The van der Waals surface area contributed by atoms with Crippen molar-refractivity contribution in [3.05, 3.63) is 71.3 Å². The van der Waals surface area contributed by atoms with Gasteiger partial charge >= 0.3 is 0 Å². The van der Waals surface area contributed by atoms with Crippen LogP contribution in [-0.4, -0.2) is 46.8 Å². The number of hydrogen-bond acceptors (Lipinski definition) is 3. The lowest BCUT2D eigenvalue weighted by atomic mass is 9.76. The number of carbonyl (C=O) groups is 3. The van der Waals surface area contributed by atoms with Gasteiger partial charge in [-0.1, -0.05) is 24.3 Å². The van der Waals surface area contributed by atoms with Crippen LogP contribution in [0.3, 0.4) is 0 Å². The van der Waals surface area contributed by atoms with Crippen LogP contribution in [0.2, 0.25) is 0 Å². The van der Waals surface area contributed by atoms with Gasteiger partial charge in [0.05, 0.1) is 11.1 Å². The highest BCUT2D eigenvalue weighted by atomic mass is 19.1. The number of likely N-dealkylation sites (tertiary alicyclic amines) is 1. The summed E-state index contributed by atoms with van der Waals surface area (Å²) in [6, 6.07) is 11.8. The zero-order valence-corrected chi connectivity index (χ0v) is 18.7. The van der Waals surface area contributed by atoms with Gasteiger partial charge in [-0.3, -0.25) is 14.4 Å². The standard InChI is InChI=1S/C25H27F2N3O3/c1-24(2,29-22(32)18-9-3-4-10-20(18)27)23(33)30-14-19(16-7-5-8-17(26)13-16)25(15-30)12-6-11-21(31)28-25/h3-5,7-10,13,19H,6,11-12,14-15H2,1-2H3,(H,28,31)(H,29,32)/t19-,25+/m0/s1. The highest BCUT2D eigenvalue weighted by Gasteiger charge is 2.52.